The fraction of sp³-hybridized carbons (Fsp3) is 0.208. The minimum absolute atomic E-state index is 0.00876. The molecule has 0 aliphatic carbocycles. The molecule has 0 aliphatic rings. The standard InChI is InChI=1S/C24H25ClN2O7S/c1-35(32,33)27-21-12-17(6-9-22(21)28)23(29)14-26-10-11-34-18-7-8-19(20(25)13-18)15-2-4-16(5-3-15)24(30)31/h2-9,12-13,23,26-29H,10-11,14H2,1H3,(H,30,31). The van der Waals surface area contributed by atoms with Gasteiger partial charge in [0.1, 0.15) is 18.1 Å². The molecule has 0 bridgehead atoms. The number of aromatic carboxylic acids is 1. The van der Waals surface area contributed by atoms with E-state index in [9.17, 15) is 23.4 Å². The SMILES string of the molecule is CS(=O)(=O)Nc1cc(C(O)CNCCOc2ccc(-c3ccc(C(=O)O)cc3)c(Cl)c2)ccc1O. The van der Waals surface area contributed by atoms with Crippen molar-refractivity contribution in [3.05, 3.63) is 76.8 Å². The molecule has 5 N–H and O–H groups in total. The average molecular weight is 521 g/mol. The second kappa shape index (κ2) is 11.4. The molecular formula is C24H25ClN2O7S. The van der Waals surface area contributed by atoms with Crippen LogP contribution < -0.4 is 14.8 Å². The molecule has 3 aromatic carbocycles. The number of hydrogen-bond donors (Lipinski definition) is 5. The highest BCUT2D eigenvalue weighted by atomic mass is 35.5. The Morgan fingerprint density at radius 3 is 2.43 bits per heavy atom. The maximum Gasteiger partial charge on any atom is 0.335 e. The van der Waals surface area contributed by atoms with Crippen LogP contribution in [-0.2, 0) is 10.0 Å². The highest BCUT2D eigenvalue weighted by Gasteiger charge is 2.13. The number of hydrogen-bond acceptors (Lipinski definition) is 7. The molecule has 9 nitrogen and oxygen atoms in total. The zero-order chi connectivity index (χ0) is 25.6. The van der Waals surface area contributed by atoms with Gasteiger partial charge >= 0.3 is 5.97 Å². The number of halogens is 1. The van der Waals surface area contributed by atoms with Crippen molar-refractivity contribution in [1.82, 2.24) is 5.32 Å². The van der Waals surface area contributed by atoms with Gasteiger partial charge < -0.3 is 25.4 Å². The monoisotopic (exact) mass is 520 g/mol. The van der Waals surface area contributed by atoms with Gasteiger partial charge in [-0.3, -0.25) is 4.72 Å². The van der Waals surface area contributed by atoms with Gasteiger partial charge in [-0.05, 0) is 53.6 Å². The number of carboxylic acids is 1. The van der Waals surface area contributed by atoms with Gasteiger partial charge in [-0.25, -0.2) is 13.2 Å². The van der Waals surface area contributed by atoms with Crippen LogP contribution in [0.25, 0.3) is 11.1 Å². The fourth-order valence-corrected chi connectivity index (χ4v) is 4.09. The van der Waals surface area contributed by atoms with Crippen LogP contribution >= 0.6 is 11.6 Å². The summed E-state index contributed by atoms with van der Waals surface area (Å²) in [7, 11) is -3.57. The van der Waals surface area contributed by atoms with Gasteiger partial charge in [-0.2, -0.15) is 0 Å². The largest absolute Gasteiger partial charge is 0.506 e. The molecule has 1 unspecified atom stereocenters. The van der Waals surface area contributed by atoms with E-state index in [-0.39, 0.29) is 23.5 Å². The lowest BCUT2D eigenvalue weighted by molar-refractivity contribution is 0.0697. The van der Waals surface area contributed by atoms with E-state index in [0.717, 1.165) is 17.4 Å². The lowest BCUT2D eigenvalue weighted by Gasteiger charge is -2.15. The van der Waals surface area contributed by atoms with Crippen molar-refractivity contribution < 1.29 is 33.3 Å². The maximum absolute atomic E-state index is 11.4. The Morgan fingerprint density at radius 2 is 1.80 bits per heavy atom. The van der Waals surface area contributed by atoms with Gasteiger partial charge in [-0.1, -0.05) is 29.8 Å². The normalized spacial score (nSPS) is 12.2. The zero-order valence-corrected chi connectivity index (χ0v) is 20.3. The summed E-state index contributed by atoms with van der Waals surface area (Å²) in [6.45, 7) is 0.893. The van der Waals surface area contributed by atoms with Gasteiger partial charge in [0.15, 0.2) is 0 Å². The number of phenols is 1. The van der Waals surface area contributed by atoms with Gasteiger partial charge in [0.05, 0.1) is 28.6 Å². The molecule has 3 aromatic rings. The number of nitrogens with one attached hydrogen (secondary N) is 2. The van der Waals surface area contributed by atoms with E-state index >= 15 is 0 Å². The van der Waals surface area contributed by atoms with Crippen LogP contribution in [0, 0.1) is 0 Å². The van der Waals surface area contributed by atoms with E-state index in [1.807, 2.05) is 0 Å². The Labute approximate surface area is 208 Å². The number of carboxylic acid groups (broad SMARTS) is 1. The van der Waals surface area contributed by atoms with Crippen LogP contribution in [0.15, 0.2) is 60.7 Å². The Balaban J connectivity index is 1.49. The molecule has 1 atom stereocenters. The summed E-state index contributed by atoms with van der Waals surface area (Å²) >= 11 is 6.37. The molecule has 0 saturated heterocycles. The highest BCUT2D eigenvalue weighted by Crippen LogP contribution is 2.31. The van der Waals surface area contributed by atoms with Crippen molar-refractivity contribution in [3.63, 3.8) is 0 Å². The first-order chi connectivity index (χ1) is 16.5. The minimum atomic E-state index is -3.57. The molecule has 35 heavy (non-hydrogen) atoms. The molecule has 0 spiro atoms. The van der Waals surface area contributed by atoms with E-state index in [4.69, 9.17) is 21.4 Å². The topological polar surface area (TPSA) is 145 Å². The van der Waals surface area contributed by atoms with Crippen molar-refractivity contribution in [2.75, 3.05) is 30.7 Å². The summed E-state index contributed by atoms with van der Waals surface area (Å²) in [5.41, 5.74) is 2.15. The van der Waals surface area contributed by atoms with Gasteiger partial charge in [-0.15, -0.1) is 0 Å². The summed E-state index contributed by atoms with van der Waals surface area (Å²) in [5.74, 6) is -0.683. The molecular weight excluding hydrogens is 496 g/mol. The number of aliphatic hydroxyl groups excluding tert-OH is 1. The van der Waals surface area contributed by atoms with Crippen molar-refractivity contribution in [1.29, 1.82) is 0 Å². The first-order valence-corrected chi connectivity index (χ1v) is 12.8. The molecule has 186 valence electrons. The van der Waals surface area contributed by atoms with Crippen LogP contribution in [0.4, 0.5) is 5.69 Å². The van der Waals surface area contributed by atoms with E-state index in [0.29, 0.717) is 29.5 Å². The van der Waals surface area contributed by atoms with Crippen LogP contribution in [0.1, 0.15) is 22.0 Å². The van der Waals surface area contributed by atoms with Gasteiger partial charge in [0, 0.05) is 18.7 Å². The van der Waals surface area contributed by atoms with Gasteiger partial charge in [0.25, 0.3) is 0 Å². The Kier molecular flexibility index (Phi) is 8.57. The number of carbonyl (C=O) groups is 1. The molecule has 0 saturated carbocycles. The number of ether oxygens (including phenoxy) is 1. The first-order valence-electron chi connectivity index (χ1n) is 10.5. The fourth-order valence-electron chi connectivity index (χ4n) is 3.25. The van der Waals surface area contributed by atoms with Crippen molar-refractivity contribution >= 4 is 33.3 Å². The van der Waals surface area contributed by atoms with E-state index in [1.54, 1.807) is 30.3 Å². The molecule has 0 fully saturated rings. The number of rotatable bonds is 11. The van der Waals surface area contributed by atoms with Crippen molar-refractivity contribution in [2.24, 2.45) is 0 Å². The van der Waals surface area contributed by atoms with Crippen molar-refractivity contribution in [3.8, 4) is 22.6 Å². The predicted molar refractivity (Wildman–Crippen MR) is 134 cm³/mol. The van der Waals surface area contributed by atoms with E-state index in [2.05, 4.69) is 10.0 Å². The van der Waals surface area contributed by atoms with Crippen molar-refractivity contribution in [2.45, 2.75) is 6.10 Å². The zero-order valence-electron chi connectivity index (χ0n) is 18.7. The smallest absolute Gasteiger partial charge is 0.335 e. The molecule has 0 amide bonds. The Morgan fingerprint density at radius 1 is 1.09 bits per heavy atom. The third-order valence-corrected chi connectivity index (χ3v) is 5.87. The summed E-state index contributed by atoms with van der Waals surface area (Å²) in [6, 6.07) is 15.8. The molecule has 3 rings (SSSR count). The maximum atomic E-state index is 11.4. The number of aromatic hydroxyl groups is 1. The molecule has 0 aliphatic heterocycles. The van der Waals surface area contributed by atoms with Crippen LogP contribution in [0.2, 0.25) is 5.02 Å². The summed E-state index contributed by atoms with van der Waals surface area (Å²) in [5, 5.41) is 32.7. The summed E-state index contributed by atoms with van der Waals surface area (Å²) in [6.07, 6.45) is 0.0352. The number of benzene rings is 3. The second-order valence-electron chi connectivity index (χ2n) is 7.74. The highest BCUT2D eigenvalue weighted by molar-refractivity contribution is 7.92. The van der Waals surface area contributed by atoms with Crippen LogP contribution in [0.3, 0.4) is 0 Å². The van der Waals surface area contributed by atoms with Crippen LogP contribution in [0.5, 0.6) is 11.5 Å². The molecule has 11 heteroatoms. The lowest BCUT2D eigenvalue weighted by Crippen LogP contribution is -2.26. The second-order valence-corrected chi connectivity index (χ2v) is 9.90. The average Bonchev–Trinajstić information content (AvgIpc) is 2.79. The number of aliphatic hydroxyl groups is 1. The van der Waals surface area contributed by atoms with Gasteiger partial charge in [0.2, 0.25) is 10.0 Å². The number of anilines is 1. The van der Waals surface area contributed by atoms with E-state index in [1.165, 1.54) is 30.3 Å². The Bertz CT molecular complexity index is 1300. The molecule has 0 radical (unpaired) electrons. The third kappa shape index (κ3) is 7.59. The number of phenolic OH excluding ortho intramolecular Hbond substituents is 1. The van der Waals surface area contributed by atoms with E-state index < -0.39 is 22.1 Å². The first kappa shape index (κ1) is 26.3. The lowest BCUT2D eigenvalue weighted by atomic mass is 10.0. The molecule has 0 aromatic heterocycles. The summed E-state index contributed by atoms with van der Waals surface area (Å²) in [4.78, 5) is 11.0. The minimum Gasteiger partial charge on any atom is -0.506 e. The third-order valence-electron chi connectivity index (χ3n) is 4.97. The Hall–Kier alpha value is -3.31. The molecule has 0 heterocycles. The number of sulfonamides is 1. The summed E-state index contributed by atoms with van der Waals surface area (Å²) < 4.78 is 30.7. The quantitative estimate of drug-likeness (QED) is 0.191. The van der Waals surface area contributed by atoms with Crippen LogP contribution in [-0.4, -0.2) is 55.7 Å². The predicted octanol–water partition coefficient (Wildman–Crippen LogP) is 3.48.